The van der Waals surface area contributed by atoms with Gasteiger partial charge in [-0.25, -0.2) is 17.5 Å². The molecule has 1 fully saturated rings. The minimum Gasteiger partial charge on any atom is -0.336 e. The van der Waals surface area contributed by atoms with Crippen LogP contribution in [-0.4, -0.2) is 69.9 Å². The van der Waals surface area contributed by atoms with E-state index in [0.29, 0.717) is 11.3 Å². The van der Waals surface area contributed by atoms with Crippen molar-refractivity contribution in [1.82, 2.24) is 29.4 Å². The van der Waals surface area contributed by atoms with Crippen LogP contribution in [0.5, 0.6) is 0 Å². The number of halogens is 1. The van der Waals surface area contributed by atoms with Crippen molar-refractivity contribution in [3.63, 3.8) is 0 Å². The van der Waals surface area contributed by atoms with Crippen LogP contribution in [0.25, 0.3) is 5.69 Å². The van der Waals surface area contributed by atoms with Gasteiger partial charge in [0.1, 0.15) is 12.1 Å². The fourth-order valence-corrected chi connectivity index (χ4v) is 4.61. The highest BCUT2D eigenvalue weighted by Gasteiger charge is 2.30. The van der Waals surface area contributed by atoms with Crippen LogP contribution in [-0.2, 0) is 10.0 Å². The van der Waals surface area contributed by atoms with Gasteiger partial charge in [0.05, 0.1) is 10.6 Å². The summed E-state index contributed by atoms with van der Waals surface area (Å²) in [4.78, 5) is 14.3. The molecule has 0 saturated carbocycles. The van der Waals surface area contributed by atoms with Gasteiger partial charge < -0.3 is 4.90 Å². The van der Waals surface area contributed by atoms with Gasteiger partial charge in [-0.2, -0.15) is 4.31 Å². The number of aromatic nitrogens is 4. The van der Waals surface area contributed by atoms with Crippen molar-refractivity contribution in [3.05, 3.63) is 66.2 Å². The summed E-state index contributed by atoms with van der Waals surface area (Å²) in [6.07, 6.45) is 1.43. The third kappa shape index (κ3) is 3.87. The number of hydrogen-bond acceptors (Lipinski definition) is 6. The molecule has 0 unspecified atom stereocenters. The largest absolute Gasteiger partial charge is 0.336 e. The van der Waals surface area contributed by atoms with Crippen LogP contribution in [0.3, 0.4) is 0 Å². The number of carbonyl (C=O) groups excluding carboxylic acids is 1. The Balaban J connectivity index is 1.46. The monoisotopic (exact) mass is 416 g/mol. The van der Waals surface area contributed by atoms with Crippen LogP contribution in [0.2, 0.25) is 0 Å². The highest BCUT2D eigenvalue weighted by atomic mass is 32.2. The fourth-order valence-electron chi connectivity index (χ4n) is 3.15. The molecule has 1 aromatic heterocycles. The molecular formula is C18H17FN6O3S. The van der Waals surface area contributed by atoms with Gasteiger partial charge >= 0.3 is 0 Å². The smallest absolute Gasteiger partial charge is 0.254 e. The van der Waals surface area contributed by atoms with E-state index in [4.69, 9.17) is 0 Å². The van der Waals surface area contributed by atoms with Gasteiger partial charge in [-0.15, -0.1) is 5.10 Å². The first-order valence-electron chi connectivity index (χ1n) is 8.83. The lowest BCUT2D eigenvalue weighted by molar-refractivity contribution is 0.0698. The van der Waals surface area contributed by atoms with E-state index in [9.17, 15) is 17.6 Å². The molecule has 0 atom stereocenters. The van der Waals surface area contributed by atoms with E-state index in [2.05, 4.69) is 15.5 Å². The Morgan fingerprint density at radius 3 is 2.45 bits per heavy atom. The van der Waals surface area contributed by atoms with Crippen molar-refractivity contribution in [3.8, 4) is 5.69 Å². The first-order valence-corrected chi connectivity index (χ1v) is 10.3. The summed E-state index contributed by atoms with van der Waals surface area (Å²) in [5.41, 5.74) is 1.10. The predicted molar refractivity (Wildman–Crippen MR) is 100 cm³/mol. The van der Waals surface area contributed by atoms with E-state index in [-0.39, 0.29) is 37.0 Å². The molecule has 2 aromatic carbocycles. The van der Waals surface area contributed by atoms with Gasteiger partial charge in [0.15, 0.2) is 0 Å². The first-order chi connectivity index (χ1) is 13.9. The molecule has 3 aromatic rings. The molecule has 11 heteroatoms. The number of piperazine rings is 1. The number of tetrazole rings is 1. The van der Waals surface area contributed by atoms with Gasteiger partial charge in [-0.05, 0) is 46.8 Å². The number of benzene rings is 2. The molecule has 9 nitrogen and oxygen atoms in total. The molecule has 0 N–H and O–H groups in total. The maximum atomic E-state index is 13.4. The van der Waals surface area contributed by atoms with Crippen molar-refractivity contribution in [1.29, 1.82) is 0 Å². The Morgan fingerprint density at radius 1 is 1.00 bits per heavy atom. The zero-order valence-corrected chi connectivity index (χ0v) is 16.0. The fraction of sp³-hybridized carbons (Fsp3) is 0.222. The second-order valence-electron chi connectivity index (χ2n) is 6.46. The summed E-state index contributed by atoms with van der Waals surface area (Å²) in [6, 6.07) is 11.8. The second-order valence-corrected chi connectivity index (χ2v) is 8.40. The van der Waals surface area contributed by atoms with Crippen molar-refractivity contribution in [2.45, 2.75) is 4.90 Å². The Bertz CT molecular complexity index is 1130. The Labute approximate surface area is 166 Å². The second kappa shape index (κ2) is 7.68. The molecule has 1 saturated heterocycles. The van der Waals surface area contributed by atoms with Crippen LogP contribution in [0.4, 0.5) is 4.39 Å². The summed E-state index contributed by atoms with van der Waals surface area (Å²) in [7, 11) is -3.80. The molecule has 1 aliphatic heterocycles. The van der Waals surface area contributed by atoms with E-state index < -0.39 is 15.8 Å². The Kier molecular flexibility index (Phi) is 5.07. The predicted octanol–water partition coefficient (Wildman–Crippen LogP) is 0.948. The van der Waals surface area contributed by atoms with Crippen LogP contribution < -0.4 is 0 Å². The molecular weight excluding hydrogens is 399 g/mol. The van der Waals surface area contributed by atoms with Gasteiger partial charge in [-0.1, -0.05) is 12.1 Å². The van der Waals surface area contributed by atoms with Crippen LogP contribution >= 0.6 is 0 Å². The first kappa shape index (κ1) is 19.2. The van der Waals surface area contributed by atoms with E-state index in [1.807, 2.05) is 0 Å². The van der Waals surface area contributed by atoms with E-state index in [1.54, 1.807) is 29.2 Å². The topological polar surface area (TPSA) is 101 Å². The van der Waals surface area contributed by atoms with Gasteiger partial charge in [-0.3, -0.25) is 4.79 Å². The van der Waals surface area contributed by atoms with Crippen molar-refractivity contribution in [2.24, 2.45) is 0 Å². The summed E-state index contributed by atoms with van der Waals surface area (Å²) >= 11 is 0. The van der Waals surface area contributed by atoms with Crippen molar-refractivity contribution in [2.75, 3.05) is 26.2 Å². The van der Waals surface area contributed by atoms with Gasteiger partial charge in [0.2, 0.25) is 10.0 Å². The molecule has 2 heterocycles. The zero-order chi connectivity index (χ0) is 20.4. The third-order valence-electron chi connectivity index (χ3n) is 4.67. The lowest BCUT2D eigenvalue weighted by atomic mass is 10.1. The molecule has 0 aliphatic carbocycles. The van der Waals surface area contributed by atoms with Gasteiger partial charge in [0, 0.05) is 31.7 Å². The highest BCUT2D eigenvalue weighted by Crippen LogP contribution is 2.20. The molecule has 150 valence electrons. The molecule has 1 aliphatic rings. The maximum Gasteiger partial charge on any atom is 0.254 e. The van der Waals surface area contributed by atoms with Crippen molar-refractivity contribution >= 4 is 15.9 Å². The number of sulfonamides is 1. The average Bonchev–Trinajstić information content (AvgIpc) is 3.28. The summed E-state index contributed by atoms with van der Waals surface area (Å²) in [6.45, 7) is 0.750. The number of rotatable bonds is 4. The Morgan fingerprint density at radius 2 is 1.76 bits per heavy atom. The minimum atomic E-state index is -3.80. The average molecular weight is 416 g/mol. The number of amides is 1. The minimum absolute atomic E-state index is 0.0913. The number of hydrogen-bond donors (Lipinski definition) is 0. The quantitative estimate of drug-likeness (QED) is 0.628. The van der Waals surface area contributed by atoms with E-state index >= 15 is 0 Å². The molecule has 0 radical (unpaired) electrons. The van der Waals surface area contributed by atoms with Crippen LogP contribution in [0.15, 0.2) is 59.8 Å². The normalized spacial score (nSPS) is 15.4. The highest BCUT2D eigenvalue weighted by molar-refractivity contribution is 7.89. The van der Waals surface area contributed by atoms with Gasteiger partial charge in [0.25, 0.3) is 5.91 Å². The molecule has 29 heavy (non-hydrogen) atoms. The lowest BCUT2D eigenvalue weighted by Gasteiger charge is -2.34. The molecule has 1 amide bonds. The standard InChI is InChI=1S/C18H17FN6O3S/c19-15-4-2-6-17(12-15)29(27,28)24-9-7-23(8-10-24)18(26)14-3-1-5-16(11-14)25-13-20-21-22-25/h1-6,11-13H,7-10H2. The summed E-state index contributed by atoms with van der Waals surface area (Å²) in [5, 5.41) is 11.0. The third-order valence-corrected chi connectivity index (χ3v) is 6.56. The molecule has 0 bridgehead atoms. The maximum absolute atomic E-state index is 13.4. The SMILES string of the molecule is O=C(c1cccc(-n2cnnn2)c1)N1CCN(S(=O)(=O)c2cccc(F)c2)CC1. The summed E-state index contributed by atoms with van der Waals surface area (Å²) in [5.74, 6) is -0.815. The Hall–Kier alpha value is -3.18. The van der Waals surface area contributed by atoms with Crippen LogP contribution in [0.1, 0.15) is 10.4 Å². The summed E-state index contributed by atoms with van der Waals surface area (Å²) < 4.78 is 41.5. The molecule has 0 spiro atoms. The molecule has 4 rings (SSSR count). The van der Waals surface area contributed by atoms with Crippen LogP contribution in [0, 0.1) is 5.82 Å². The lowest BCUT2D eigenvalue weighted by Crippen LogP contribution is -2.50. The van der Waals surface area contributed by atoms with E-state index in [1.165, 1.54) is 33.5 Å². The zero-order valence-electron chi connectivity index (χ0n) is 15.2. The number of nitrogens with zero attached hydrogens (tertiary/aromatic N) is 6. The van der Waals surface area contributed by atoms with Crippen molar-refractivity contribution < 1.29 is 17.6 Å². The number of carbonyl (C=O) groups is 1. The van der Waals surface area contributed by atoms with E-state index in [0.717, 1.165) is 6.07 Å².